The van der Waals surface area contributed by atoms with Gasteiger partial charge in [0.05, 0.1) is 0 Å². The highest BCUT2D eigenvalue weighted by atomic mass is 19.1. The van der Waals surface area contributed by atoms with E-state index in [1.807, 2.05) is 6.92 Å². The van der Waals surface area contributed by atoms with Crippen molar-refractivity contribution in [2.75, 3.05) is 0 Å². The molecule has 0 unspecified atom stereocenters. The van der Waals surface area contributed by atoms with Crippen LogP contribution in [-0.2, 0) is 0 Å². The van der Waals surface area contributed by atoms with Gasteiger partial charge in [-0.1, -0.05) is 25.1 Å². The molecule has 2 atom stereocenters. The van der Waals surface area contributed by atoms with Crippen molar-refractivity contribution in [2.45, 2.75) is 13.0 Å². The SMILES string of the molecule is C=C[C@H](C)[C@H](N)c1ccc(F)cc1. The summed E-state index contributed by atoms with van der Waals surface area (Å²) >= 11 is 0. The molecule has 0 saturated heterocycles. The number of hydrogen-bond donors (Lipinski definition) is 1. The van der Waals surface area contributed by atoms with Crippen molar-refractivity contribution in [3.05, 3.63) is 48.3 Å². The Balaban J connectivity index is 2.82. The summed E-state index contributed by atoms with van der Waals surface area (Å²) < 4.78 is 12.6. The van der Waals surface area contributed by atoms with E-state index in [1.54, 1.807) is 18.2 Å². The van der Waals surface area contributed by atoms with Crippen molar-refractivity contribution in [1.29, 1.82) is 0 Å². The van der Waals surface area contributed by atoms with Crippen LogP contribution in [0.25, 0.3) is 0 Å². The van der Waals surface area contributed by atoms with E-state index in [2.05, 4.69) is 6.58 Å². The maximum absolute atomic E-state index is 12.6. The van der Waals surface area contributed by atoms with E-state index < -0.39 is 0 Å². The van der Waals surface area contributed by atoms with E-state index in [1.165, 1.54) is 12.1 Å². The normalized spacial score (nSPS) is 15.0. The van der Waals surface area contributed by atoms with Gasteiger partial charge in [0.2, 0.25) is 0 Å². The minimum Gasteiger partial charge on any atom is -0.323 e. The molecule has 0 aromatic heterocycles. The molecule has 1 aromatic rings. The highest BCUT2D eigenvalue weighted by molar-refractivity contribution is 5.20. The number of benzene rings is 1. The third-order valence-electron chi connectivity index (χ3n) is 2.19. The number of halogens is 1. The molecular formula is C11H14FN. The van der Waals surface area contributed by atoms with E-state index in [0.717, 1.165) is 5.56 Å². The first-order chi connectivity index (χ1) is 6.15. The van der Waals surface area contributed by atoms with Crippen molar-refractivity contribution in [3.63, 3.8) is 0 Å². The molecule has 0 aliphatic carbocycles. The van der Waals surface area contributed by atoms with Crippen LogP contribution in [0.1, 0.15) is 18.5 Å². The quantitative estimate of drug-likeness (QED) is 0.709. The Morgan fingerprint density at radius 3 is 2.38 bits per heavy atom. The highest BCUT2D eigenvalue weighted by Gasteiger charge is 2.10. The number of nitrogens with two attached hydrogens (primary N) is 1. The lowest BCUT2D eigenvalue weighted by atomic mass is 9.96. The van der Waals surface area contributed by atoms with Gasteiger partial charge in [0.1, 0.15) is 5.82 Å². The first kappa shape index (κ1) is 9.93. The molecule has 2 N–H and O–H groups in total. The molecule has 0 spiro atoms. The first-order valence-electron chi connectivity index (χ1n) is 4.28. The van der Waals surface area contributed by atoms with Gasteiger partial charge in [-0.25, -0.2) is 4.39 Å². The minimum absolute atomic E-state index is 0.0990. The van der Waals surface area contributed by atoms with Crippen LogP contribution in [0.3, 0.4) is 0 Å². The van der Waals surface area contributed by atoms with Crippen LogP contribution >= 0.6 is 0 Å². The van der Waals surface area contributed by atoms with Crippen LogP contribution in [0.5, 0.6) is 0 Å². The Morgan fingerprint density at radius 2 is 1.92 bits per heavy atom. The highest BCUT2D eigenvalue weighted by Crippen LogP contribution is 2.19. The lowest BCUT2D eigenvalue weighted by molar-refractivity contribution is 0.564. The number of hydrogen-bond acceptors (Lipinski definition) is 1. The summed E-state index contributed by atoms with van der Waals surface area (Å²) in [5.41, 5.74) is 6.84. The van der Waals surface area contributed by atoms with Gasteiger partial charge in [-0.15, -0.1) is 6.58 Å². The molecule has 1 aromatic carbocycles. The zero-order valence-corrected chi connectivity index (χ0v) is 7.70. The molecule has 0 aliphatic heterocycles. The summed E-state index contributed by atoms with van der Waals surface area (Å²) in [7, 11) is 0. The molecule has 0 radical (unpaired) electrons. The van der Waals surface area contributed by atoms with Crippen molar-refractivity contribution in [1.82, 2.24) is 0 Å². The molecular weight excluding hydrogens is 165 g/mol. The van der Waals surface area contributed by atoms with Gasteiger partial charge >= 0.3 is 0 Å². The molecule has 0 amide bonds. The molecule has 0 saturated carbocycles. The molecule has 0 heterocycles. The smallest absolute Gasteiger partial charge is 0.123 e. The van der Waals surface area contributed by atoms with E-state index >= 15 is 0 Å². The van der Waals surface area contributed by atoms with Crippen LogP contribution in [0.2, 0.25) is 0 Å². The van der Waals surface area contributed by atoms with Crippen molar-refractivity contribution < 1.29 is 4.39 Å². The second-order valence-electron chi connectivity index (χ2n) is 3.17. The van der Waals surface area contributed by atoms with Gasteiger partial charge in [-0.05, 0) is 23.6 Å². The summed E-state index contributed by atoms with van der Waals surface area (Å²) in [6.07, 6.45) is 1.80. The molecule has 1 nitrogen and oxygen atoms in total. The Labute approximate surface area is 78.1 Å². The molecule has 1 rings (SSSR count). The number of rotatable bonds is 3. The average molecular weight is 179 g/mol. The van der Waals surface area contributed by atoms with Crippen molar-refractivity contribution >= 4 is 0 Å². The second-order valence-corrected chi connectivity index (χ2v) is 3.17. The Hall–Kier alpha value is -1.15. The van der Waals surface area contributed by atoms with Gasteiger partial charge < -0.3 is 5.73 Å². The summed E-state index contributed by atoms with van der Waals surface area (Å²) in [6, 6.07) is 6.16. The molecule has 13 heavy (non-hydrogen) atoms. The summed E-state index contributed by atoms with van der Waals surface area (Å²) in [5.74, 6) is -0.0346. The first-order valence-corrected chi connectivity index (χ1v) is 4.28. The summed E-state index contributed by atoms with van der Waals surface area (Å²) in [6.45, 7) is 5.66. The van der Waals surface area contributed by atoms with Gasteiger partial charge in [0, 0.05) is 6.04 Å². The predicted molar refractivity (Wildman–Crippen MR) is 52.7 cm³/mol. The van der Waals surface area contributed by atoms with E-state index in [-0.39, 0.29) is 17.8 Å². The largest absolute Gasteiger partial charge is 0.323 e. The predicted octanol–water partition coefficient (Wildman–Crippen LogP) is 2.65. The third kappa shape index (κ3) is 2.39. The molecule has 0 aliphatic rings. The van der Waals surface area contributed by atoms with Crippen molar-refractivity contribution in [3.8, 4) is 0 Å². The van der Waals surface area contributed by atoms with E-state index in [0.29, 0.717) is 0 Å². The summed E-state index contributed by atoms with van der Waals surface area (Å²) in [5, 5.41) is 0. The fourth-order valence-corrected chi connectivity index (χ4v) is 1.14. The third-order valence-corrected chi connectivity index (χ3v) is 2.19. The van der Waals surface area contributed by atoms with Gasteiger partial charge in [-0.3, -0.25) is 0 Å². The monoisotopic (exact) mass is 179 g/mol. The molecule has 0 bridgehead atoms. The zero-order valence-electron chi connectivity index (χ0n) is 7.70. The molecule has 2 heteroatoms. The lowest BCUT2D eigenvalue weighted by Crippen LogP contribution is -2.17. The fraction of sp³-hybridized carbons (Fsp3) is 0.273. The van der Waals surface area contributed by atoms with Crippen LogP contribution in [0, 0.1) is 11.7 Å². The van der Waals surface area contributed by atoms with E-state index in [9.17, 15) is 4.39 Å². The van der Waals surface area contributed by atoms with Gasteiger partial charge in [0.15, 0.2) is 0 Å². The Kier molecular flexibility index (Phi) is 3.20. The van der Waals surface area contributed by atoms with Crippen LogP contribution < -0.4 is 5.73 Å². The van der Waals surface area contributed by atoms with Crippen molar-refractivity contribution in [2.24, 2.45) is 11.7 Å². The minimum atomic E-state index is -0.234. The molecule has 0 fully saturated rings. The van der Waals surface area contributed by atoms with E-state index in [4.69, 9.17) is 5.73 Å². The van der Waals surface area contributed by atoms with Gasteiger partial charge in [-0.2, -0.15) is 0 Å². The maximum Gasteiger partial charge on any atom is 0.123 e. The average Bonchev–Trinajstić information content (AvgIpc) is 2.17. The van der Waals surface area contributed by atoms with Crippen LogP contribution in [-0.4, -0.2) is 0 Å². The molecule has 70 valence electrons. The standard InChI is InChI=1S/C11H14FN/c1-3-8(2)11(13)9-4-6-10(12)7-5-9/h3-8,11H,1,13H2,2H3/t8-,11-/m0/s1. The Bertz CT molecular complexity index is 279. The van der Waals surface area contributed by atoms with Crippen LogP contribution in [0.4, 0.5) is 4.39 Å². The zero-order chi connectivity index (χ0) is 9.84. The topological polar surface area (TPSA) is 26.0 Å². The summed E-state index contributed by atoms with van der Waals surface area (Å²) in [4.78, 5) is 0. The Morgan fingerprint density at radius 1 is 1.38 bits per heavy atom. The fourth-order valence-electron chi connectivity index (χ4n) is 1.14. The lowest BCUT2D eigenvalue weighted by Gasteiger charge is -2.16. The van der Waals surface area contributed by atoms with Crippen LogP contribution in [0.15, 0.2) is 36.9 Å². The maximum atomic E-state index is 12.6. The second kappa shape index (κ2) is 4.19. The van der Waals surface area contributed by atoms with Gasteiger partial charge in [0.25, 0.3) is 0 Å².